The number of aryl methyl sites for hydroxylation is 1. The number of hydrogen-bond donors (Lipinski definition) is 1. The molecule has 2 amide bonds. The Balaban J connectivity index is 2.05. The molecular weight excluding hydrogens is 214 g/mol. The highest BCUT2D eigenvalue weighted by Crippen LogP contribution is 2.15. The van der Waals surface area contributed by atoms with E-state index in [1.807, 2.05) is 43.1 Å². The molecule has 4 nitrogen and oxygen atoms in total. The summed E-state index contributed by atoms with van der Waals surface area (Å²) in [7, 11) is 1.83. The third kappa shape index (κ3) is 2.77. The van der Waals surface area contributed by atoms with E-state index in [9.17, 15) is 4.79 Å². The van der Waals surface area contributed by atoms with Crippen LogP contribution in [0.25, 0.3) is 0 Å². The lowest BCUT2D eigenvalue weighted by atomic mass is 10.2. The molecule has 2 rings (SSSR count). The van der Waals surface area contributed by atoms with E-state index < -0.39 is 0 Å². The highest BCUT2D eigenvalue weighted by Gasteiger charge is 2.20. The van der Waals surface area contributed by atoms with Crippen LogP contribution >= 0.6 is 0 Å². The molecule has 4 heteroatoms. The number of anilines is 1. The Morgan fingerprint density at radius 1 is 1.24 bits per heavy atom. The average Bonchev–Trinajstić information content (AvgIpc) is 2.39. The van der Waals surface area contributed by atoms with Gasteiger partial charge in [0.15, 0.2) is 0 Å². The van der Waals surface area contributed by atoms with Crippen LogP contribution in [-0.4, -0.2) is 44.2 Å². The lowest BCUT2D eigenvalue weighted by Crippen LogP contribution is -2.50. The standard InChI is InChI=1S/C13H19N3O/c1-11-3-5-12(6-4-11)15(2)13(17)16-9-7-14-8-10-16/h3-6,14H,7-10H2,1-2H3. The largest absolute Gasteiger partial charge is 0.324 e. The molecule has 1 N–H and O–H groups in total. The lowest BCUT2D eigenvalue weighted by molar-refractivity contribution is 0.198. The van der Waals surface area contributed by atoms with Crippen LogP contribution in [-0.2, 0) is 0 Å². The highest BCUT2D eigenvalue weighted by molar-refractivity contribution is 5.91. The number of piperazine rings is 1. The van der Waals surface area contributed by atoms with Crippen molar-refractivity contribution >= 4 is 11.7 Å². The molecule has 1 aromatic rings. The van der Waals surface area contributed by atoms with Crippen molar-refractivity contribution in [3.63, 3.8) is 0 Å². The van der Waals surface area contributed by atoms with Gasteiger partial charge in [0, 0.05) is 38.9 Å². The summed E-state index contributed by atoms with van der Waals surface area (Å²) < 4.78 is 0. The number of amides is 2. The topological polar surface area (TPSA) is 35.6 Å². The van der Waals surface area contributed by atoms with Gasteiger partial charge in [0.25, 0.3) is 0 Å². The van der Waals surface area contributed by atoms with Gasteiger partial charge in [-0.15, -0.1) is 0 Å². The first-order chi connectivity index (χ1) is 8.18. The predicted molar refractivity (Wildman–Crippen MR) is 69.4 cm³/mol. The minimum atomic E-state index is 0.0790. The molecule has 0 aromatic heterocycles. The Labute approximate surface area is 102 Å². The quantitative estimate of drug-likeness (QED) is 0.797. The number of nitrogens with zero attached hydrogens (tertiary/aromatic N) is 2. The van der Waals surface area contributed by atoms with E-state index in [1.54, 1.807) is 4.90 Å². The molecule has 0 aliphatic carbocycles. The first-order valence-corrected chi connectivity index (χ1v) is 5.98. The Morgan fingerprint density at radius 2 is 1.82 bits per heavy atom. The van der Waals surface area contributed by atoms with Crippen molar-refractivity contribution in [2.24, 2.45) is 0 Å². The Kier molecular flexibility index (Phi) is 3.64. The molecule has 0 bridgehead atoms. The van der Waals surface area contributed by atoms with Crippen LogP contribution in [0, 0.1) is 6.92 Å². The number of carbonyl (C=O) groups is 1. The third-order valence-corrected chi connectivity index (χ3v) is 3.10. The second-order valence-corrected chi connectivity index (χ2v) is 4.41. The minimum absolute atomic E-state index is 0.0790. The summed E-state index contributed by atoms with van der Waals surface area (Å²) in [4.78, 5) is 15.8. The second kappa shape index (κ2) is 5.19. The van der Waals surface area contributed by atoms with Gasteiger partial charge in [-0.05, 0) is 19.1 Å². The van der Waals surface area contributed by atoms with Crippen LogP contribution in [0.3, 0.4) is 0 Å². The molecule has 1 aromatic carbocycles. The van der Waals surface area contributed by atoms with E-state index in [-0.39, 0.29) is 6.03 Å². The van der Waals surface area contributed by atoms with Crippen molar-refractivity contribution in [2.75, 3.05) is 38.1 Å². The van der Waals surface area contributed by atoms with E-state index in [0.29, 0.717) is 0 Å². The lowest BCUT2D eigenvalue weighted by Gasteiger charge is -2.31. The summed E-state index contributed by atoms with van der Waals surface area (Å²) in [6.07, 6.45) is 0. The maximum atomic E-state index is 12.2. The number of hydrogen-bond acceptors (Lipinski definition) is 2. The van der Waals surface area contributed by atoms with Gasteiger partial charge in [-0.3, -0.25) is 4.90 Å². The van der Waals surface area contributed by atoms with Gasteiger partial charge in [-0.2, -0.15) is 0 Å². The van der Waals surface area contributed by atoms with Gasteiger partial charge in [-0.25, -0.2) is 4.79 Å². The summed E-state index contributed by atoms with van der Waals surface area (Å²) in [5.41, 5.74) is 2.15. The molecule has 0 unspecified atom stereocenters. The summed E-state index contributed by atoms with van der Waals surface area (Å²) in [6.45, 7) is 5.38. The van der Waals surface area contributed by atoms with Gasteiger partial charge >= 0.3 is 6.03 Å². The summed E-state index contributed by atoms with van der Waals surface area (Å²) in [5, 5.41) is 3.24. The maximum Gasteiger partial charge on any atom is 0.324 e. The van der Waals surface area contributed by atoms with Crippen LogP contribution < -0.4 is 10.2 Å². The van der Waals surface area contributed by atoms with Crippen molar-refractivity contribution in [3.05, 3.63) is 29.8 Å². The van der Waals surface area contributed by atoms with Crippen LogP contribution in [0.4, 0.5) is 10.5 Å². The van der Waals surface area contributed by atoms with Crippen molar-refractivity contribution in [3.8, 4) is 0 Å². The van der Waals surface area contributed by atoms with Gasteiger partial charge in [0.1, 0.15) is 0 Å². The fraction of sp³-hybridized carbons (Fsp3) is 0.462. The van der Waals surface area contributed by atoms with Crippen LogP contribution in [0.5, 0.6) is 0 Å². The molecule has 1 heterocycles. The van der Waals surface area contributed by atoms with Crippen molar-refractivity contribution in [1.82, 2.24) is 10.2 Å². The molecule has 0 saturated carbocycles. The Hall–Kier alpha value is -1.55. The first kappa shape index (κ1) is 11.9. The number of carbonyl (C=O) groups excluding carboxylic acids is 1. The number of urea groups is 1. The van der Waals surface area contributed by atoms with Gasteiger partial charge in [0.2, 0.25) is 0 Å². The van der Waals surface area contributed by atoms with Crippen molar-refractivity contribution in [2.45, 2.75) is 6.92 Å². The molecular formula is C13H19N3O. The molecule has 0 spiro atoms. The number of rotatable bonds is 1. The van der Waals surface area contributed by atoms with E-state index >= 15 is 0 Å². The average molecular weight is 233 g/mol. The first-order valence-electron chi connectivity index (χ1n) is 5.98. The van der Waals surface area contributed by atoms with E-state index in [4.69, 9.17) is 0 Å². The fourth-order valence-corrected chi connectivity index (χ4v) is 1.95. The summed E-state index contributed by atoms with van der Waals surface area (Å²) in [6, 6.07) is 8.09. The molecule has 1 aliphatic rings. The zero-order chi connectivity index (χ0) is 12.3. The van der Waals surface area contributed by atoms with Crippen LogP contribution in [0.15, 0.2) is 24.3 Å². The smallest absolute Gasteiger partial charge is 0.322 e. The number of benzene rings is 1. The Bertz CT molecular complexity index is 382. The van der Waals surface area contributed by atoms with E-state index in [0.717, 1.165) is 31.9 Å². The van der Waals surface area contributed by atoms with Gasteiger partial charge in [0.05, 0.1) is 0 Å². The summed E-state index contributed by atoms with van der Waals surface area (Å²) in [5.74, 6) is 0. The molecule has 17 heavy (non-hydrogen) atoms. The van der Waals surface area contributed by atoms with Crippen molar-refractivity contribution in [1.29, 1.82) is 0 Å². The molecule has 1 fully saturated rings. The van der Waals surface area contributed by atoms with E-state index in [1.165, 1.54) is 5.56 Å². The SMILES string of the molecule is Cc1ccc(N(C)C(=O)N2CCNCC2)cc1. The maximum absolute atomic E-state index is 12.2. The molecule has 0 radical (unpaired) electrons. The molecule has 0 atom stereocenters. The van der Waals surface area contributed by atoms with Gasteiger partial charge < -0.3 is 10.2 Å². The van der Waals surface area contributed by atoms with Crippen LogP contribution in [0.2, 0.25) is 0 Å². The molecule has 1 saturated heterocycles. The van der Waals surface area contributed by atoms with Gasteiger partial charge in [-0.1, -0.05) is 17.7 Å². The Morgan fingerprint density at radius 3 is 2.41 bits per heavy atom. The predicted octanol–water partition coefficient (Wildman–Crippen LogP) is 1.46. The summed E-state index contributed by atoms with van der Waals surface area (Å²) >= 11 is 0. The number of nitrogens with one attached hydrogen (secondary N) is 1. The monoisotopic (exact) mass is 233 g/mol. The molecule has 92 valence electrons. The third-order valence-electron chi connectivity index (χ3n) is 3.10. The molecule has 1 aliphatic heterocycles. The fourth-order valence-electron chi connectivity index (χ4n) is 1.95. The second-order valence-electron chi connectivity index (χ2n) is 4.41. The normalized spacial score (nSPS) is 15.8. The highest BCUT2D eigenvalue weighted by atomic mass is 16.2. The van der Waals surface area contributed by atoms with E-state index in [2.05, 4.69) is 5.32 Å². The minimum Gasteiger partial charge on any atom is -0.322 e. The zero-order valence-corrected chi connectivity index (χ0v) is 10.4. The zero-order valence-electron chi connectivity index (χ0n) is 10.4. The van der Waals surface area contributed by atoms with Crippen molar-refractivity contribution < 1.29 is 4.79 Å². The van der Waals surface area contributed by atoms with Crippen LogP contribution in [0.1, 0.15) is 5.56 Å².